The predicted molar refractivity (Wildman–Crippen MR) is 235 cm³/mol. The van der Waals surface area contributed by atoms with Crippen LogP contribution in [0, 0.1) is 13.8 Å². The molecule has 2 aromatic heterocycles. The van der Waals surface area contributed by atoms with Gasteiger partial charge in [-0.15, -0.1) is 10.2 Å². The van der Waals surface area contributed by atoms with Gasteiger partial charge in [0.1, 0.15) is 11.4 Å². The number of nitrogens with one attached hydrogen (secondary N) is 1. The second kappa shape index (κ2) is 16.4. The lowest BCUT2D eigenvalue weighted by Gasteiger charge is -2.41. The van der Waals surface area contributed by atoms with Crippen LogP contribution in [0.1, 0.15) is 84.0 Å². The third-order valence-electron chi connectivity index (χ3n) is 13.5. The number of rotatable bonds is 8. The molecule has 318 valence electrons. The summed E-state index contributed by atoms with van der Waals surface area (Å²) in [7, 11) is 0. The SMILES string of the molecule is Cc1cc(C(=O)N2CCC(F)(CN3CCC(n4ccc5c(C)cc(N6C(=O)CCNC6=O)cc54)CC3)CC2)ccc1[C@H]1CCCN(c2cc(-c3ccccc3O)nnc2N)C1. The van der Waals surface area contributed by atoms with Crippen molar-refractivity contribution in [1.82, 2.24) is 29.9 Å². The smallest absolute Gasteiger partial charge is 0.328 e. The second-order valence-corrected chi connectivity index (χ2v) is 17.5. The Morgan fingerprint density at radius 1 is 0.934 bits per heavy atom. The van der Waals surface area contributed by atoms with Crippen LogP contribution in [-0.2, 0) is 4.79 Å². The first-order chi connectivity index (χ1) is 29.4. The van der Waals surface area contributed by atoms with Gasteiger partial charge in [0.25, 0.3) is 5.91 Å². The highest BCUT2D eigenvalue weighted by molar-refractivity contribution is 6.16. The summed E-state index contributed by atoms with van der Waals surface area (Å²) in [5.74, 6) is 0.452. The summed E-state index contributed by atoms with van der Waals surface area (Å²) in [6.45, 7) is 8.62. The predicted octanol–water partition coefficient (Wildman–Crippen LogP) is 7.11. The van der Waals surface area contributed by atoms with Crippen LogP contribution < -0.4 is 20.9 Å². The summed E-state index contributed by atoms with van der Waals surface area (Å²) < 4.78 is 18.7. The Bertz CT molecular complexity index is 2470. The number of nitrogens with two attached hydrogens (primary N) is 1. The number of nitrogens with zero attached hydrogens (tertiary/aromatic N) is 7. The zero-order valence-corrected chi connectivity index (χ0v) is 34.9. The topological polar surface area (TPSA) is 153 Å². The van der Waals surface area contributed by atoms with Crippen molar-refractivity contribution in [3.8, 4) is 17.0 Å². The van der Waals surface area contributed by atoms with Crippen LogP contribution in [0.2, 0.25) is 0 Å². The van der Waals surface area contributed by atoms with E-state index in [1.54, 1.807) is 17.0 Å². The molecule has 4 saturated heterocycles. The number of aromatic hydroxyl groups is 1. The van der Waals surface area contributed by atoms with E-state index in [0.717, 1.165) is 79.6 Å². The van der Waals surface area contributed by atoms with Crippen molar-refractivity contribution < 1.29 is 23.9 Å². The molecule has 0 bridgehead atoms. The first-order valence-electron chi connectivity index (χ1n) is 21.6. The van der Waals surface area contributed by atoms with Crippen LogP contribution in [0.25, 0.3) is 22.2 Å². The number of phenolic OH excluding ortho intramolecular Hbond substituents is 1. The molecule has 4 amide bonds. The quantitative estimate of drug-likeness (QED) is 0.149. The lowest BCUT2D eigenvalue weighted by molar-refractivity contribution is -0.118. The third kappa shape index (κ3) is 8.01. The van der Waals surface area contributed by atoms with Gasteiger partial charge in [-0.1, -0.05) is 18.2 Å². The molecule has 0 spiro atoms. The summed E-state index contributed by atoms with van der Waals surface area (Å²) in [4.78, 5) is 46.6. The fourth-order valence-corrected chi connectivity index (χ4v) is 10.1. The standard InChI is InChI=1S/C47H54FN9O4/c1-30-24-32(9-10-36(30)33-6-5-18-55(28-33)41-27-39(51-52-44(41)49)38-7-3-4-8-42(38)58)45(60)54-22-15-47(48,16-23-54)29-53-19-12-34(13-20-53)56-21-14-37-31(2)25-35(26-40(37)56)57-43(59)11-17-50-46(57)61/h3-4,7-10,14,21,24-27,33-34,58H,5-6,11-13,15-20,22-23,28-29H2,1-2H3,(H2,49,52)(H,50,61)/t33-/m0/s1. The van der Waals surface area contributed by atoms with Crippen LogP contribution in [0.5, 0.6) is 5.75 Å². The Morgan fingerprint density at radius 3 is 2.48 bits per heavy atom. The zero-order chi connectivity index (χ0) is 42.4. The van der Waals surface area contributed by atoms with Gasteiger partial charge in [-0.25, -0.2) is 14.1 Å². The summed E-state index contributed by atoms with van der Waals surface area (Å²) in [5, 5.41) is 22.8. The van der Waals surface area contributed by atoms with Crippen molar-refractivity contribution in [3.63, 3.8) is 0 Å². The number of carbonyl (C=O) groups excluding carboxylic acids is 3. The number of benzene rings is 3. The Morgan fingerprint density at radius 2 is 1.72 bits per heavy atom. The molecule has 4 fully saturated rings. The van der Waals surface area contributed by atoms with Gasteiger partial charge in [-0.05, 0) is 105 Å². The molecule has 4 aliphatic heterocycles. The van der Waals surface area contributed by atoms with Crippen molar-refractivity contribution >= 4 is 45.9 Å². The van der Waals surface area contributed by atoms with Crippen molar-refractivity contribution in [2.75, 3.05) is 67.9 Å². The number of phenols is 1. The first kappa shape index (κ1) is 40.4. The number of imide groups is 1. The first-order valence-corrected chi connectivity index (χ1v) is 21.6. The number of anilines is 3. The molecule has 0 radical (unpaired) electrons. The number of aryl methyl sites for hydroxylation is 2. The van der Waals surface area contributed by atoms with Gasteiger partial charge < -0.3 is 35.4 Å². The van der Waals surface area contributed by atoms with Crippen molar-refractivity contribution in [2.24, 2.45) is 0 Å². The van der Waals surface area contributed by atoms with Crippen LogP contribution in [-0.4, -0.2) is 106 Å². The Kier molecular flexibility index (Phi) is 10.9. The number of alkyl halides is 1. The monoisotopic (exact) mass is 827 g/mol. The molecule has 4 N–H and O–H groups in total. The largest absolute Gasteiger partial charge is 0.507 e. The van der Waals surface area contributed by atoms with E-state index < -0.39 is 11.7 Å². The van der Waals surface area contributed by atoms with Crippen molar-refractivity contribution in [2.45, 2.75) is 76.4 Å². The molecule has 1 atom stereocenters. The van der Waals surface area contributed by atoms with E-state index in [2.05, 4.69) is 55.1 Å². The van der Waals surface area contributed by atoms with Crippen LogP contribution in [0.15, 0.2) is 72.9 Å². The number of amides is 4. The minimum atomic E-state index is -1.36. The number of hydrogen-bond donors (Lipinski definition) is 3. The average Bonchev–Trinajstić information content (AvgIpc) is 3.69. The maximum Gasteiger partial charge on any atom is 0.328 e. The molecule has 5 aromatic rings. The molecule has 6 heterocycles. The average molecular weight is 828 g/mol. The van der Waals surface area contributed by atoms with Crippen molar-refractivity contribution in [1.29, 1.82) is 0 Å². The van der Waals surface area contributed by atoms with E-state index in [-0.39, 0.29) is 35.9 Å². The number of carbonyl (C=O) groups is 3. The normalized spacial score (nSPS) is 20.3. The minimum absolute atomic E-state index is 0.0577. The number of para-hydroxylation sites is 1. The molecular weight excluding hydrogens is 774 g/mol. The number of aromatic nitrogens is 3. The maximum absolute atomic E-state index is 16.5. The lowest BCUT2D eigenvalue weighted by atomic mass is 9.86. The Hall–Kier alpha value is -6.02. The molecule has 61 heavy (non-hydrogen) atoms. The van der Waals surface area contributed by atoms with Gasteiger partial charge in [-0.2, -0.15) is 0 Å². The number of hydrogen-bond acceptors (Lipinski definition) is 9. The molecule has 9 rings (SSSR count). The van der Waals surface area contributed by atoms with Gasteiger partial charge in [0.05, 0.1) is 22.6 Å². The highest BCUT2D eigenvalue weighted by Crippen LogP contribution is 2.38. The number of nitrogen functional groups attached to an aromatic ring is 1. The molecule has 0 aliphatic carbocycles. The van der Waals surface area contributed by atoms with Gasteiger partial charge in [0, 0.05) is 106 Å². The van der Waals surface area contributed by atoms with Gasteiger partial charge >= 0.3 is 6.03 Å². The zero-order valence-electron chi connectivity index (χ0n) is 34.9. The highest BCUT2D eigenvalue weighted by Gasteiger charge is 2.39. The number of halogens is 1. The van der Waals surface area contributed by atoms with Crippen LogP contribution in [0.4, 0.5) is 26.4 Å². The number of piperidine rings is 3. The Labute approximate surface area is 355 Å². The fourth-order valence-electron chi connectivity index (χ4n) is 10.1. The summed E-state index contributed by atoms with van der Waals surface area (Å²) in [6, 6.07) is 20.7. The van der Waals surface area contributed by atoms with E-state index in [1.807, 2.05) is 49.4 Å². The summed E-state index contributed by atoms with van der Waals surface area (Å²) >= 11 is 0. The Balaban J connectivity index is 0.792. The molecule has 0 saturated carbocycles. The molecule has 14 heteroatoms. The minimum Gasteiger partial charge on any atom is -0.507 e. The van der Waals surface area contributed by atoms with E-state index in [9.17, 15) is 19.5 Å². The highest BCUT2D eigenvalue weighted by atomic mass is 19.1. The maximum atomic E-state index is 16.5. The molecule has 13 nitrogen and oxygen atoms in total. The van der Waals surface area contributed by atoms with Gasteiger partial charge in [0.15, 0.2) is 5.82 Å². The second-order valence-electron chi connectivity index (χ2n) is 17.5. The molecule has 4 aliphatic rings. The van der Waals surface area contributed by atoms with Gasteiger partial charge in [-0.3, -0.25) is 9.59 Å². The lowest BCUT2D eigenvalue weighted by Crippen LogP contribution is -2.51. The summed E-state index contributed by atoms with van der Waals surface area (Å²) in [6.07, 6.45) is 6.67. The van der Waals surface area contributed by atoms with Crippen LogP contribution >= 0.6 is 0 Å². The van der Waals surface area contributed by atoms with Crippen molar-refractivity contribution in [3.05, 3.63) is 95.2 Å². The van der Waals surface area contributed by atoms with Gasteiger partial charge in [0.2, 0.25) is 5.91 Å². The summed E-state index contributed by atoms with van der Waals surface area (Å²) in [5.41, 5.74) is 12.4. The number of likely N-dealkylation sites (tertiary alicyclic amines) is 2. The van der Waals surface area contributed by atoms with E-state index in [4.69, 9.17) is 5.73 Å². The molecule has 0 unspecified atom stereocenters. The molecular formula is C47H54FN9O4. The fraction of sp³-hybridized carbons (Fsp3) is 0.426. The van der Waals surface area contributed by atoms with E-state index >= 15 is 4.39 Å². The van der Waals surface area contributed by atoms with E-state index in [0.29, 0.717) is 67.3 Å². The van der Waals surface area contributed by atoms with E-state index in [1.165, 1.54) is 10.5 Å². The molecule has 3 aromatic carbocycles. The van der Waals surface area contributed by atoms with Crippen LogP contribution in [0.3, 0.4) is 0 Å². The number of urea groups is 1. The number of fused-ring (bicyclic) bond motifs is 1. The third-order valence-corrected chi connectivity index (χ3v) is 13.5.